The number of amides is 2. The number of aryl methyl sites for hydroxylation is 3. The van der Waals surface area contributed by atoms with E-state index >= 15 is 0 Å². The smallest absolute Gasteiger partial charge is 0.315 e. The van der Waals surface area contributed by atoms with Crippen LogP contribution in [-0.2, 0) is 9.59 Å². The van der Waals surface area contributed by atoms with Crippen molar-refractivity contribution in [2.45, 2.75) is 30.6 Å². The molecule has 0 spiro atoms. The topological polar surface area (TPSA) is 84.2 Å². The predicted molar refractivity (Wildman–Crippen MR) is 105 cm³/mol. The molecule has 0 fully saturated rings. The van der Waals surface area contributed by atoms with Gasteiger partial charge in [0.2, 0.25) is 0 Å². The average molecular weight is 381 g/mol. The van der Waals surface area contributed by atoms with E-state index in [1.807, 2.05) is 12.1 Å². The van der Waals surface area contributed by atoms with E-state index in [1.54, 1.807) is 30.8 Å². The summed E-state index contributed by atoms with van der Waals surface area (Å²) in [6.07, 6.45) is 0. The number of rotatable bonds is 4. The minimum Gasteiger partial charge on any atom is -0.360 e. The van der Waals surface area contributed by atoms with Crippen LogP contribution in [0.3, 0.4) is 0 Å². The molecule has 7 heteroatoms. The van der Waals surface area contributed by atoms with Gasteiger partial charge < -0.3 is 9.84 Å². The minimum absolute atomic E-state index is 0.202. The van der Waals surface area contributed by atoms with E-state index in [-0.39, 0.29) is 5.82 Å². The van der Waals surface area contributed by atoms with Gasteiger partial charge in [-0.2, -0.15) is 0 Å². The fourth-order valence-corrected chi connectivity index (χ4v) is 3.32. The molecule has 1 aromatic heterocycles. The maximum absolute atomic E-state index is 12.0. The molecule has 2 aromatic carbocycles. The highest BCUT2D eigenvalue weighted by Gasteiger charge is 2.15. The summed E-state index contributed by atoms with van der Waals surface area (Å²) in [6.45, 7) is 5.85. The zero-order valence-electron chi connectivity index (χ0n) is 15.2. The highest BCUT2D eigenvalue weighted by atomic mass is 32.2. The number of carbonyl (C=O) groups is 2. The molecule has 0 aliphatic heterocycles. The monoisotopic (exact) mass is 381 g/mol. The number of hydrogen-bond acceptors (Lipinski definition) is 5. The molecule has 3 rings (SSSR count). The van der Waals surface area contributed by atoms with Crippen LogP contribution >= 0.6 is 11.8 Å². The first-order valence-corrected chi connectivity index (χ1v) is 9.13. The number of aromatic nitrogens is 1. The predicted octanol–water partition coefficient (Wildman–Crippen LogP) is 4.33. The third-order valence-corrected chi connectivity index (χ3v) is 4.93. The van der Waals surface area contributed by atoms with Crippen LogP contribution in [0.4, 0.5) is 11.5 Å². The van der Waals surface area contributed by atoms with E-state index < -0.39 is 11.8 Å². The van der Waals surface area contributed by atoms with Gasteiger partial charge >= 0.3 is 11.8 Å². The summed E-state index contributed by atoms with van der Waals surface area (Å²) in [4.78, 5) is 26.1. The summed E-state index contributed by atoms with van der Waals surface area (Å²) < 4.78 is 4.84. The van der Waals surface area contributed by atoms with Crippen molar-refractivity contribution in [1.29, 1.82) is 0 Å². The summed E-state index contributed by atoms with van der Waals surface area (Å²) in [6, 6.07) is 15.2. The van der Waals surface area contributed by atoms with Gasteiger partial charge in [-0.1, -0.05) is 34.6 Å². The van der Waals surface area contributed by atoms with Crippen LogP contribution in [0.5, 0.6) is 0 Å². The van der Waals surface area contributed by atoms with Crippen molar-refractivity contribution < 1.29 is 14.1 Å². The molecule has 0 bridgehead atoms. The second kappa shape index (κ2) is 8.09. The van der Waals surface area contributed by atoms with Crippen LogP contribution in [-0.4, -0.2) is 17.0 Å². The van der Waals surface area contributed by atoms with Crippen molar-refractivity contribution in [3.63, 3.8) is 0 Å². The first kappa shape index (κ1) is 18.7. The number of nitrogens with one attached hydrogen (secondary N) is 2. The summed E-state index contributed by atoms with van der Waals surface area (Å²) in [5, 5.41) is 8.56. The molecule has 3 aromatic rings. The number of benzene rings is 2. The minimum atomic E-state index is -0.808. The van der Waals surface area contributed by atoms with Crippen LogP contribution < -0.4 is 10.6 Å². The van der Waals surface area contributed by atoms with E-state index in [4.69, 9.17) is 4.52 Å². The third kappa shape index (κ3) is 4.98. The fourth-order valence-electron chi connectivity index (χ4n) is 2.43. The molecule has 0 saturated carbocycles. The molecule has 138 valence electrons. The molecule has 2 N–H and O–H groups in total. The third-order valence-electron chi connectivity index (χ3n) is 3.75. The number of anilines is 2. The van der Waals surface area contributed by atoms with Crippen LogP contribution in [0.1, 0.15) is 16.9 Å². The van der Waals surface area contributed by atoms with Gasteiger partial charge in [0.05, 0.1) is 0 Å². The lowest BCUT2D eigenvalue weighted by molar-refractivity contribution is -0.133. The number of carbonyl (C=O) groups excluding carboxylic acids is 2. The normalized spacial score (nSPS) is 10.5. The van der Waals surface area contributed by atoms with Crippen LogP contribution in [0.2, 0.25) is 0 Å². The lowest BCUT2D eigenvalue weighted by Gasteiger charge is -2.08. The van der Waals surface area contributed by atoms with Gasteiger partial charge in [0, 0.05) is 21.5 Å². The van der Waals surface area contributed by atoms with E-state index in [9.17, 15) is 9.59 Å². The summed E-state index contributed by atoms with van der Waals surface area (Å²) in [7, 11) is 0. The first-order valence-electron chi connectivity index (χ1n) is 8.31. The Kier molecular flexibility index (Phi) is 5.61. The largest absolute Gasteiger partial charge is 0.360 e. The molecule has 0 aliphatic rings. The molecule has 0 unspecified atom stereocenters. The molecule has 27 heavy (non-hydrogen) atoms. The van der Waals surface area contributed by atoms with Gasteiger partial charge in [0.25, 0.3) is 0 Å². The van der Waals surface area contributed by atoms with E-state index in [0.29, 0.717) is 11.4 Å². The SMILES string of the molecule is Cc1ccc(Sc2ccc(NC(=O)C(=O)Nc3cc(C)on3)cc2)c(C)c1. The molecule has 0 aliphatic carbocycles. The Morgan fingerprint density at radius 2 is 1.63 bits per heavy atom. The molecule has 1 heterocycles. The molecular formula is C20H19N3O3S. The Morgan fingerprint density at radius 1 is 0.926 bits per heavy atom. The highest BCUT2D eigenvalue weighted by molar-refractivity contribution is 7.99. The van der Waals surface area contributed by atoms with Crippen molar-refractivity contribution in [2.75, 3.05) is 10.6 Å². The highest BCUT2D eigenvalue weighted by Crippen LogP contribution is 2.31. The molecule has 2 amide bonds. The summed E-state index contributed by atoms with van der Waals surface area (Å²) >= 11 is 1.65. The Labute approximate surface area is 161 Å². The Morgan fingerprint density at radius 3 is 2.26 bits per heavy atom. The Balaban J connectivity index is 1.59. The van der Waals surface area contributed by atoms with E-state index in [1.165, 1.54) is 22.1 Å². The van der Waals surface area contributed by atoms with Crippen LogP contribution in [0.15, 0.2) is 62.8 Å². The quantitative estimate of drug-likeness (QED) is 0.657. The van der Waals surface area contributed by atoms with Gasteiger partial charge in [-0.25, -0.2) is 0 Å². The summed E-state index contributed by atoms with van der Waals surface area (Å²) in [5.74, 6) is -0.835. The Hall–Kier alpha value is -3.06. The van der Waals surface area contributed by atoms with Gasteiger partial charge in [-0.05, 0) is 56.7 Å². The Bertz CT molecular complexity index is 980. The maximum Gasteiger partial charge on any atom is 0.315 e. The standard InChI is InChI=1S/C20H19N3O3S/c1-12-4-9-17(13(2)10-12)27-16-7-5-15(6-8-16)21-19(24)20(25)22-18-11-14(3)26-23-18/h4-11H,1-3H3,(H,21,24)(H,22,23,25). The number of nitrogens with zero attached hydrogens (tertiary/aromatic N) is 1. The molecule has 0 atom stereocenters. The molecule has 6 nitrogen and oxygen atoms in total. The van der Waals surface area contributed by atoms with Gasteiger partial charge in [-0.3, -0.25) is 14.9 Å². The van der Waals surface area contributed by atoms with Crippen molar-refractivity contribution >= 4 is 35.1 Å². The van der Waals surface area contributed by atoms with Crippen molar-refractivity contribution in [1.82, 2.24) is 5.16 Å². The second-order valence-electron chi connectivity index (χ2n) is 6.13. The molecular weight excluding hydrogens is 362 g/mol. The molecule has 0 radical (unpaired) electrons. The fraction of sp³-hybridized carbons (Fsp3) is 0.150. The average Bonchev–Trinajstić information content (AvgIpc) is 3.03. The van der Waals surface area contributed by atoms with Gasteiger partial charge in [0.15, 0.2) is 5.82 Å². The van der Waals surface area contributed by atoms with E-state index in [0.717, 1.165) is 4.90 Å². The first-order chi connectivity index (χ1) is 12.9. The maximum atomic E-state index is 12.0. The van der Waals surface area contributed by atoms with Gasteiger partial charge in [0.1, 0.15) is 5.76 Å². The van der Waals surface area contributed by atoms with Crippen molar-refractivity contribution in [2.24, 2.45) is 0 Å². The molecule has 0 saturated heterocycles. The lowest BCUT2D eigenvalue weighted by atomic mass is 10.2. The second-order valence-corrected chi connectivity index (χ2v) is 7.24. The van der Waals surface area contributed by atoms with Crippen molar-refractivity contribution in [3.8, 4) is 0 Å². The van der Waals surface area contributed by atoms with Crippen molar-refractivity contribution in [3.05, 3.63) is 65.4 Å². The zero-order valence-corrected chi connectivity index (χ0v) is 16.0. The van der Waals surface area contributed by atoms with E-state index in [2.05, 4.69) is 47.8 Å². The number of hydrogen-bond donors (Lipinski definition) is 2. The van der Waals surface area contributed by atoms with Crippen LogP contribution in [0.25, 0.3) is 0 Å². The lowest BCUT2D eigenvalue weighted by Crippen LogP contribution is -2.29. The van der Waals surface area contributed by atoms with Crippen LogP contribution in [0, 0.1) is 20.8 Å². The zero-order chi connectivity index (χ0) is 19.4. The van der Waals surface area contributed by atoms with Gasteiger partial charge in [-0.15, -0.1) is 0 Å². The summed E-state index contributed by atoms with van der Waals surface area (Å²) in [5.41, 5.74) is 2.99.